The summed E-state index contributed by atoms with van der Waals surface area (Å²) < 4.78 is 12.5. The third kappa shape index (κ3) is 5.04. The minimum Gasteiger partial charge on any atom is -0.493 e. The summed E-state index contributed by atoms with van der Waals surface area (Å²) >= 11 is 1.38. The molecule has 4 aromatic rings. The molecule has 1 amide bonds. The minimum atomic E-state index is -0.311. The van der Waals surface area contributed by atoms with Gasteiger partial charge < -0.3 is 9.47 Å². The quantitative estimate of drug-likeness (QED) is 0.401. The second-order valence-electron chi connectivity index (χ2n) is 7.79. The fourth-order valence-electron chi connectivity index (χ4n) is 3.35. The van der Waals surface area contributed by atoms with Gasteiger partial charge in [0.15, 0.2) is 11.5 Å². The van der Waals surface area contributed by atoms with E-state index in [1.807, 2.05) is 36.4 Å². The van der Waals surface area contributed by atoms with Crippen LogP contribution >= 0.6 is 11.3 Å². The van der Waals surface area contributed by atoms with Crippen LogP contribution in [0.15, 0.2) is 54.7 Å². The van der Waals surface area contributed by atoms with E-state index in [0.29, 0.717) is 33.8 Å². The Balaban J connectivity index is 1.72. The Morgan fingerprint density at radius 3 is 2.52 bits per heavy atom. The van der Waals surface area contributed by atoms with Crippen molar-refractivity contribution < 1.29 is 14.3 Å². The third-order valence-electron chi connectivity index (χ3n) is 4.91. The fourth-order valence-corrected chi connectivity index (χ4v) is 4.30. The molecule has 2 aromatic heterocycles. The molecule has 1 N–H and O–H groups in total. The van der Waals surface area contributed by atoms with Gasteiger partial charge in [0.05, 0.1) is 25.5 Å². The Hall–Kier alpha value is -3.72. The fraction of sp³-hybridized carbons (Fsp3) is 0.250. The van der Waals surface area contributed by atoms with Crippen LogP contribution in [-0.2, 0) is 6.42 Å². The van der Waals surface area contributed by atoms with E-state index in [0.717, 1.165) is 22.7 Å². The lowest BCUT2D eigenvalue weighted by molar-refractivity contribution is 0.102. The summed E-state index contributed by atoms with van der Waals surface area (Å²) in [6.45, 7) is 4.24. The molecule has 0 radical (unpaired) electrons. The number of methoxy groups -OCH3 is 2. The topological polar surface area (TPSA) is 91.2 Å². The predicted octanol–water partition coefficient (Wildman–Crippen LogP) is 4.86. The molecule has 33 heavy (non-hydrogen) atoms. The van der Waals surface area contributed by atoms with Crippen molar-refractivity contribution in [1.82, 2.24) is 20.0 Å². The van der Waals surface area contributed by atoms with Crippen molar-refractivity contribution >= 4 is 22.4 Å². The zero-order valence-electron chi connectivity index (χ0n) is 18.9. The minimum absolute atomic E-state index is 0.311. The molecule has 9 heteroatoms. The highest BCUT2D eigenvalue weighted by atomic mass is 32.1. The summed E-state index contributed by atoms with van der Waals surface area (Å²) in [4.78, 5) is 13.3. The molecule has 0 bridgehead atoms. The van der Waals surface area contributed by atoms with E-state index < -0.39 is 0 Å². The van der Waals surface area contributed by atoms with Crippen molar-refractivity contribution in [2.24, 2.45) is 5.92 Å². The number of anilines is 1. The monoisotopic (exact) mass is 463 g/mol. The molecule has 0 aliphatic rings. The average Bonchev–Trinajstić information content (AvgIpc) is 3.46. The second kappa shape index (κ2) is 9.83. The Labute approximate surface area is 196 Å². The molecule has 0 fully saturated rings. The first kappa shape index (κ1) is 22.5. The highest BCUT2D eigenvalue weighted by molar-refractivity contribution is 7.15. The van der Waals surface area contributed by atoms with Crippen LogP contribution < -0.4 is 14.8 Å². The van der Waals surface area contributed by atoms with E-state index in [4.69, 9.17) is 14.6 Å². The zero-order valence-corrected chi connectivity index (χ0v) is 19.7. The van der Waals surface area contributed by atoms with E-state index in [1.165, 1.54) is 11.3 Å². The predicted molar refractivity (Wildman–Crippen MR) is 129 cm³/mol. The number of benzene rings is 2. The molecule has 0 saturated heterocycles. The van der Waals surface area contributed by atoms with Gasteiger partial charge in [-0.1, -0.05) is 43.4 Å². The normalized spacial score (nSPS) is 10.9. The van der Waals surface area contributed by atoms with E-state index in [-0.39, 0.29) is 5.91 Å². The summed E-state index contributed by atoms with van der Waals surface area (Å²) in [6.07, 6.45) is 2.53. The van der Waals surface area contributed by atoms with E-state index in [9.17, 15) is 4.79 Å². The van der Waals surface area contributed by atoms with Crippen LogP contribution in [0, 0.1) is 5.92 Å². The van der Waals surface area contributed by atoms with E-state index >= 15 is 0 Å². The Morgan fingerprint density at radius 1 is 1.06 bits per heavy atom. The number of amides is 1. The Bertz CT molecular complexity index is 1250. The second-order valence-corrected chi connectivity index (χ2v) is 8.86. The van der Waals surface area contributed by atoms with Crippen LogP contribution in [0.3, 0.4) is 0 Å². The number of carbonyl (C=O) groups is 1. The molecule has 170 valence electrons. The van der Waals surface area contributed by atoms with Gasteiger partial charge in [0.25, 0.3) is 5.91 Å². The first-order valence-corrected chi connectivity index (χ1v) is 11.3. The molecule has 0 unspecified atom stereocenters. The maximum Gasteiger partial charge on any atom is 0.261 e. The first-order valence-electron chi connectivity index (χ1n) is 10.5. The van der Waals surface area contributed by atoms with E-state index in [1.54, 1.807) is 37.2 Å². The molecule has 0 aliphatic heterocycles. The average molecular weight is 464 g/mol. The number of hydrogen-bond acceptors (Lipinski definition) is 7. The number of carbonyl (C=O) groups excluding carboxylic acids is 1. The van der Waals surface area contributed by atoms with Gasteiger partial charge in [0, 0.05) is 18.2 Å². The van der Waals surface area contributed by atoms with Gasteiger partial charge in [-0.25, -0.2) is 4.68 Å². The lowest BCUT2D eigenvalue weighted by Gasteiger charge is -2.09. The van der Waals surface area contributed by atoms with Crippen molar-refractivity contribution in [3.63, 3.8) is 0 Å². The maximum absolute atomic E-state index is 13.3. The number of rotatable bonds is 8. The van der Waals surface area contributed by atoms with Crippen LogP contribution in [0.2, 0.25) is 0 Å². The number of aromatic nitrogens is 4. The molecule has 0 aliphatic carbocycles. The molecule has 2 heterocycles. The van der Waals surface area contributed by atoms with Gasteiger partial charge >= 0.3 is 0 Å². The van der Waals surface area contributed by atoms with Crippen molar-refractivity contribution in [3.8, 4) is 28.4 Å². The number of nitrogens with one attached hydrogen (secondary N) is 1. The van der Waals surface area contributed by atoms with Crippen LogP contribution in [0.25, 0.3) is 16.9 Å². The lowest BCUT2D eigenvalue weighted by atomic mass is 10.1. The molecule has 0 atom stereocenters. The number of hydrogen-bond donors (Lipinski definition) is 1. The molecule has 0 saturated carbocycles. The van der Waals surface area contributed by atoms with Gasteiger partial charge in [-0.2, -0.15) is 5.10 Å². The molecular weight excluding hydrogens is 438 g/mol. The Morgan fingerprint density at radius 2 is 1.82 bits per heavy atom. The molecule has 0 spiro atoms. The molecule has 4 rings (SSSR count). The van der Waals surface area contributed by atoms with Gasteiger partial charge in [-0.15, -0.1) is 10.2 Å². The zero-order chi connectivity index (χ0) is 23.4. The lowest BCUT2D eigenvalue weighted by Crippen LogP contribution is -2.12. The summed E-state index contributed by atoms with van der Waals surface area (Å²) in [7, 11) is 3.15. The van der Waals surface area contributed by atoms with Crippen molar-refractivity contribution in [1.29, 1.82) is 0 Å². The van der Waals surface area contributed by atoms with E-state index in [2.05, 4.69) is 29.4 Å². The van der Waals surface area contributed by atoms with Gasteiger partial charge in [-0.05, 0) is 36.2 Å². The molecule has 8 nitrogen and oxygen atoms in total. The number of nitrogens with zero attached hydrogens (tertiary/aromatic N) is 4. The molecular formula is C24H25N5O3S. The third-order valence-corrected chi connectivity index (χ3v) is 5.77. The molecule has 2 aromatic carbocycles. The standard InChI is InChI=1S/C24H25N5O3S/c1-15(2)12-21-26-27-24(33-21)25-23(30)18-14-29(17-8-6-5-7-9-17)28-22(18)16-10-11-19(31-3)20(13-16)32-4/h5-11,13-15H,12H2,1-4H3,(H,25,27,30). The summed E-state index contributed by atoms with van der Waals surface area (Å²) in [5.41, 5.74) is 2.49. The van der Waals surface area contributed by atoms with Gasteiger partial charge in [0.2, 0.25) is 5.13 Å². The summed E-state index contributed by atoms with van der Waals surface area (Å²) in [6, 6.07) is 15.1. The van der Waals surface area contributed by atoms with Crippen LogP contribution in [0.1, 0.15) is 29.2 Å². The largest absolute Gasteiger partial charge is 0.493 e. The van der Waals surface area contributed by atoms with Crippen molar-refractivity contribution in [2.45, 2.75) is 20.3 Å². The Kier molecular flexibility index (Phi) is 6.69. The number of ether oxygens (including phenoxy) is 2. The first-order chi connectivity index (χ1) is 16.0. The highest BCUT2D eigenvalue weighted by Crippen LogP contribution is 2.34. The maximum atomic E-state index is 13.3. The van der Waals surface area contributed by atoms with Gasteiger partial charge in [-0.3, -0.25) is 10.1 Å². The summed E-state index contributed by atoms with van der Waals surface area (Å²) in [5, 5.41) is 17.2. The number of para-hydroxylation sites is 1. The SMILES string of the molecule is COc1ccc(-c2nn(-c3ccccc3)cc2C(=O)Nc2nnc(CC(C)C)s2)cc1OC. The smallest absolute Gasteiger partial charge is 0.261 e. The van der Waals surface area contributed by atoms with Crippen molar-refractivity contribution in [2.75, 3.05) is 19.5 Å². The van der Waals surface area contributed by atoms with Crippen LogP contribution in [0.5, 0.6) is 11.5 Å². The van der Waals surface area contributed by atoms with Crippen LogP contribution in [0.4, 0.5) is 5.13 Å². The highest BCUT2D eigenvalue weighted by Gasteiger charge is 2.21. The summed E-state index contributed by atoms with van der Waals surface area (Å²) in [5.74, 6) is 1.30. The van der Waals surface area contributed by atoms with Crippen LogP contribution in [-0.4, -0.2) is 40.1 Å². The van der Waals surface area contributed by atoms with Crippen molar-refractivity contribution in [3.05, 3.63) is 65.3 Å². The van der Waals surface area contributed by atoms with Gasteiger partial charge in [0.1, 0.15) is 10.7 Å².